The highest BCUT2D eigenvalue weighted by Gasteiger charge is 2.17. The lowest BCUT2D eigenvalue weighted by molar-refractivity contribution is -0.122. The number of aliphatic hydroxyl groups is 1. The van der Waals surface area contributed by atoms with E-state index in [4.69, 9.17) is 10.8 Å². The van der Waals surface area contributed by atoms with Gasteiger partial charge in [0.1, 0.15) is 0 Å². The fourth-order valence-corrected chi connectivity index (χ4v) is 1.39. The molecule has 1 aliphatic rings. The molecule has 1 aliphatic carbocycles. The third-order valence-corrected chi connectivity index (χ3v) is 2.01. The van der Waals surface area contributed by atoms with E-state index >= 15 is 0 Å². The molecule has 0 aromatic carbocycles. The Bertz CT molecular complexity index is 109. The predicted octanol–water partition coefficient (Wildman–Crippen LogP) is 0.660. The summed E-state index contributed by atoms with van der Waals surface area (Å²) in [5, 5.41) is 7.00. The van der Waals surface area contributed by atoms with Crippen LogP contribution in [-0.2, 0) is 4.79 Å². The number of aliphatic hydroxyl groups excluding tert-OH is 1. The smallest absolute Gasteiger partial charge is 0.220 e. The van der Waals surface area contributed by atoms with Crippen molar-refractivity contribution < 1.29 is 9.90 Å². The first-order chi connectivity index (χ1) is 5.30. The molecule has 0 spiro atoms. The van der Waals surface area contributed by atoms with Crippen LogP contribution in [0.25, 0.3) is 0 Å². The van der Waals surface area contributed by atoms with Gasteiger partial charge in [-0.3, -0.25) is 4.79 Å². The molecule has 1 amide bonds. The molecule has 0 bridgehead atoms. The molecule has 0 aromatic heterocycles. The van der Waals surface area contributed by atoms with E-state index in [1.807, 2.05) is 0 Å². The first-order valence-corrected chi connectivity index (χ1v) is 4.05. The molecule has 0 aromatic rings. The molecule has 0 unspecified atom stereocenters. The Morgan fingerprint density at radius 1 is 1.27 bits per heavy atom. The SMILES string of the molecule is CO.NC(=O)C1CCCCC1. The van der Waals surface area contributed by atoms with Crippen molar-refractivity contribution in [3.05, 3.63) is 0 Å². The van der Waals surface area contributed by atoms with Crippen LogP contribution >= 0.6 is 0 Å². The minimum absolute atomic E-state index is 0.102. The van der Waals surface area contributed by atoms with Crippen LogP contribution in [0.1, 0.15) is 32.1 Å². The van der Waals surface area contributed by atoms with Crippen molar-refractivity contribution in [2.75, 3.05) is 7.11 Å². The summed E-state index contributed by atoms with van der Waals surface area (Å²) in [5.41, 5.74) is 5.13. The van der Waals surface area contributed by atoms with Crippen molar-refractivity contribution in [1.29, 1.82) is 0 Å². The first kappa shape index (κ1) is 10.4. The van der Waals surface area contributed by atoms with Crippen molar-refractivity contribution in [2.24, 2.45) is 11.7 Å². The summed E-state index contributed by atoms with van der Waals surface area (Å²) in [7, 11) is 1.00. The van der Waals surface area contributed by atoms with Gasteiger partial charge in [0.15, 0.2) is 0 Å². The van der Waals surface area contributed by atoms with Crippen LogP contribution in [0, 0.1) is 5.92 Å². The van der Waals surface area contributed by atoms with Crippen LogP contribution in [0.4, 0.5) is 0 Å². The number of primary amides is 1. The number of carbonyl (C=O) groups excluding carboxylic acids is 1. The zero-order chi connectivity index (χ0) is 8.69. The molecule has 3 N–H and O–H groups in total. The number of rotatable bonds is 1. The van der Waals surface area contributed by atoms with Gasteiger partial charge in [-0.05, 0) is 12.8 Å². The minimum atomic E-state index is -0.102. The maximum absolute atomic E-state index is 10.6. The Hall–Kier alpha value is -0.570. The summed E-state index contributed by atoms with van der Waals surface area (Å²) >= 11 is 0. The summed E-state index contributed by atoms with van der Waals surface area (Å²) in [5.74, 6) is 0.0912. The standard InChI is InChI=1S/C7H13NO.CH4O/c8-7(9)6-4-2-1-3-5-6;1-2/h6H,1-5H2,(H2,8,9);2H,1H3. The van der Waals surface area contributed by atoms with Gasteiger partial charge in [-0.15, -0.1) is 0 Å². The minimum Gasteiger partial charge on any atom is -0.400 e. The molecule has 0 aliphatic heterocycles. The second-order valence-electron chi connectivity index (χ2n) is 2.74. The quantitative estimate of drug-likeness (QED) is 0.590. The third-order valence-electron chi connectivity index (χ3n) is 2.01. The lowest BCUT2D eigenvalue weighted by Gasteiger charge is -2.17. The topological polar surface area (TPSA) is 63.3 Å². The molecule has 1 fully saturated rings. The maximum Gasteiger partial charge on any atom is 0.220 e. The fraction of sp³-hybridized carbons (Fsp3) is 0.875. The van der Waals surface area contributed by atoms with Crippen LogP contribution in [0.15, 0.2) is 0 Å². The largest absolute Gasteiger partial charge is 0.400 e. The van der Waals surface area contributed by atoms with E-state index in [1.165, 1.54) is 19.3 Å². The number of carbonyl (C=O) groups is 1. The van der Waals surface area contributed by atoms with Crippen LogP contribution in [-0.4, -0.2) is 18.1 Å². The molecular weight excluding hydrogens is 142 g/mol. The molecule has 3 heteroatoms. The average Bonchev–Trinajstić information content (AvgIpc) is 2.10. The molecule has 0 heterocycles. The zero-order valence-electron chi connectivity index (χ0n) is 7.05. The molecule has 3 nitrogen and oxygen atoms in total. The van der Waals surface area contributed by atoms with Crippen molar-refractivity contribution in [3.63, 3.8) is 0 Å². The van der Waals surface area contributed by atoms with Crippen molar-refractivity contribution in [2.45, 2.75) is 32.1 Å². The van der Waals surface area contributed by atoms with Gasteiger partial charge >= 0.3 is 0 Å². The average molecular weight is 159 g/mol. The second kappa shape index (κ2) is 6.16. The van der Waals surface area contributed by atoms with E-state index in [1.54, 1.807) is 0 Å². The lowest BCUT2D eigenvalue weighted by Crippen LogP contribution is -2.24. The van der Waals surface area contributed by atoms with Crippen LogP contribution in [0.5, 0.6) is 0 Å². The molecule has 1 saturated carbocycles. The Labute approximate surface area is 67.6 Å². The summed E-state index contributed by atoms with van der Waals surface area (Å²) in [4.78, 5) is 10.6. The van der Waals surface area contributed by atoms with Crippen LogP contribution in [0.3, 0.4) is 0 Å². The molecule has 0 radical (unpaired) electrons. The monoisotopic (exact) mass is 159 g/mol. The van der Waals surface area contributed by atoms with E-state index in [9.17, 15) is 4.79 Å². The molecule has 0 atom stereocenters. The third kappa shape index (κ3) is 3.98. The lowest BCUT2D eigenvalue weighted by atomic mass is 9.89. The number of nitrogens with two attached hydrogens (primary N) is 1. The molecule has 11 heavy (non-hydrogen) atoms. The van der Waals surface area contributed by atoms with E-state index in [0.29, 0.717) is 0 Å². The van der Waals surface area contributed by atoms with Crippen molar-refractivity contribution >= 4 is 5.91 Å². The highest BCUT2D eigenvalue weighted by atomic mass is 16.2. The van der Waals surface area contributed by atoms with Gasteiger partial charge < -0.3 is 10.8 Å². The second-order valence-corrected chi connectivity index (χ2v) is 2.74. The van der Waals surface area contributed by atoms with Gasteiger partial charge in [0.2, 0.25) is 5.91 Å². The summed E-state index contributed by atoms with van der Waals surface area (Å²) in [6.45, 7) is 0. The van der Waals surface area contributed by atoms with Crippen LogP contribution < -0.4 is 5.73 Å². The Morgan fingerprint density at radius 3 is 2.00 bits per heavy atom. The predicted molar refractivity (Wildman–Crippen MR) is 43.9 cm³/mol. The number of hydrogen-bond acceptors (Lipinski definition) is 2. The molecule has 0 saturated heterocycles. The first-order valence-electron chi connectivity index (χ1n) is 4.05. The highest BCUT2D eigenvalue weighted by Crippen LogP contribution is 2.22. The van der Waals surface area contributed by atoms with Gasteiger partial charge in [0, 0.05) is 13.0 Å². The maximum atomic E-state index is 10.6. The van der Waals surface area contributed by atoms with Crippen molar-refractivity contribution in [1.82, 2.24) is 0 Å². The summed E-state index contributed by atoms with van der Waals surface area (Å²) in [6, 6.07) is 0. The van der Waals surface area contributed by atoms with Gasteiger partial charge in [-0.25, -0.2) is 0 Å². The molecule has 1 rings (SSSR count). The Balaban J connectivity index is 0.000000461. The van der Waals surface area contributed by atoms with Gasteiger partial charge in [0.25, 0.3) is 0 Å². The molecular formula is C8H17NO2. The number of hydrogen-bond donors (Lipinski definition) is 2. The number of amides is 1. The van der Waals surface area contributed by atoms with E-state index in [-0.39, 0.29) is 11.8 Å². The zero-order valence-corrected chi connectivity index (χ0v) is 7.05. The van der Waals surface area contributed by atoms with E-state index in [2.05, 4.69) is 0 Å². The Morgan fingerprint density at radius 2 is 1.73 bits per heavy atom. The normalized spacial score (nSPS) is 18.4. The summed E-state index contributed by atoms with van der Waals surface area (Å²) < 4.78 is 0. The van der Waals surface area contributed by atoms with E-state index < -0.39 is 0 Å². The van der Waals surface area contributed by atoms with E-state index in [0.717, 1.165) is 20.0 Å². The van der Waals surface area contributed by atoms with Gasteiger partial charge in [0.05, 0.1) is 0 Å². The van der Waals surface area contributed by atoms with Gasteiger partial charge in [-0.1, -0.05) is 19.3 Å². The van der Waals surface area contributed by atoms with Crippen molar-refractivity contribution in [3.8, 4) is 0 Å². The fourth-order valence-electron chi connectivity index (χ4n) is 1.39. The molecule has 66 valence electrons. The summed E-state index contributed by atoms with van der Waals surface area (Å²) in [6.07, 6.45) is 5.70. The van der Waals surface area contributed by atoms with Crippen LogP contribution in [0.2, 0.25) is 0 Å². The van der Waals surface area contributed by atoms with Gasteiger partial charge in [-0.2, -0.15) is 0 Å². The Kier molecular flexibility index (Phi) is 5.84. The highest BCUT2D eigenvalue weighted by molar-refractivity contribution is 5.76.